The molecule has 1 aromatic heterocycles. The van der Waals surface area contributed by atoms with E-state index in [4.69, 9.17) is 27.9 Å². The Morgan fingerprint density at radius 2 is 1.76 bits per heavy atom. The van der Waals surface area contributed by atoms with Gasteiger partial charge < -0.3 is 15.0 Å². The van der Waals surface area contributed by atoms with Gasteiger partial charge in [-0.1, -0.05) is 29.3 Å². The van der Waals surface area contributed by atoms with Crippen molar-refractivity contribution in [3.8, 4) is 0 Å². The molecule has 0 saturated heterocycles. The van der Waals surface area contributed by atoms with Gasteiger partial charge in [0.1, 0.15) is 12.2 Å². The van der Waals surface area contributed by atoms with Gasteiger partial charge in [-0.05, 0) is 45.0 Å². The number of halogens is 2. The van der Waals surface area contributed by atoms with Crippen molar-refractivity contribution in [1.29, 1.82) is 0 Å². The molecule has 1 aromatic carbocycles. The number of nitrogens with one attached hydrogen (secondary N) is 1. The summed E-state index contributed by atoms with van der Waals surface area (Å²) in [5.41, 5.74) is 1.08. The lowest BCUT2D eigenvalue weighted by Gasteiger charge is -2.20. The molecule has 0 aliphatic heterocycles. The van der Waals surface area contributed by atoms with E-state index >= 15 is 0 Å². The number of carbonyl (C=O) groups is 3. The van der Waals surface area contributed by atoms with Gasteiger partial charge in [0.15, 0.2) is 0 Å². The highest BCUT2D eigenvalue weighted by atomic mass is 35.5. The van der Waals surface area contributed by atoms with E-state index in [9.17, 15) is 14.4 Å². The predicted molar refractivity (Wildman–Crippen MR) is 112 cm³/mol. The lowest BCUT2D eigenvalue weighted by atomic mass is 10.1. The average molecular weight is 438 g/mol. The average Bonchev–Trinajstić information content (AvgIpc) is 2.68. The van der Waals surface area contributed by atoms with Crippen LogP contribution in [0.5, 0.6) is 0 Å². The summed E-state index contributed by atoms with van der Waals surface area (Å²) in [5.74, 6) is -1.39. The monoisotopic (exact) mass is 437 g/mol. The molecular weight excluding hydrogens is 417 g/mol. The molecule has 29 heavy (non-hydrogen) atoms. The van der Waals surface area contributed by atoms with Crippen molar-refractivity contribution in [1.82, 2.24) is 9.88 Å². The van der Waals surface area contributed by atoms with Gasteiger partial charge in [-0.2, -0.15) is 0 Å². The summed E-state index contributed by atoms with van der Waals surface area (Å²) in [6.45, 7) is 5.38. The van der Waals surface area contributed by atoms with E-state index in [2.05, 4.69) is 10.3 Å². The Hall–Kier alpha value is -2.64. The minimum Gasteiger partial charge on any atom is -0.462 e. The maximum absolute atomic E-state index is 12.8. The first-order valence-corrected chi connectivity index (χ1v) is 9.71. The second-order valence-corrected chi connectivity index (χ2v) is 6.83. The maximum Gasteiger partial charge on any atom is 0.339 e. The molecule has 1 heterocycles. The molecule has 2 rings (SSSR count). The second kappa shape index (κ2) is 10.2. The highest BCUT2D eigenvalue weighted by molar-refractivity contribution is 6.39. The lowest BCUT2D eigenvalue weighted by Crippen LogP contribution is -2.38. The first-order valence-electron chi connectivity index (χ1n) is 8.96. The van der Waals surface area contributed by atoms with Crippen LogP contribution in [0.2, 0.25) is 10.0 Å². The van der Waals surface area contributed by atoms with Gasteiger partial charge in [0.25, 0.3) is 5.91 Å². The number of para-hydroxylation sites is 1. The number of aromatic nitrogens is 1. The van der Waals surface area contributed by atoms with E-state index in [1.54, 1.807) is 39.0 Å². The topological polar surface area (TPSA) is 88.6 Å². The van der Waals surface area contributed by atoms with Crippen molar-refractivity contribution in [3.05, 3.63) is 57.3 Å². The smallest absolute Gasteiger partial charge is 0.339 e. The third kappa shape index (κ3) is 5.68. The number of ether oxygens (including phenoxy) is 1. The van der Waals surface area contributed by atoms with Gasteiger partial charge in [0.2, 0.25) is 5.91 Å². The number of benzene rings is 1. The molecule has 2 amide bonds. The lowest BCUT2D eigenvalue weighted by molar-refractivity contribution is -0.116. The summed E-state index contributed by atoms with van der Waals surface area (Å²) in [6.07, 6.45) is 0. The van der Waals surface area contributed by atoms with Crippen LogP contribution in [0.25, 0.3) is 0 Å². The number of rotatable bonds is 7. The first kappa shape index (κ1) is 22.6. The molecule has 0 aliphatic rings. The molecule has 0 fully saturated rings. The van der Waals surface area contributed by atoms with Crippen LogP contribution in [-0.4, -0.2) is 47.4 Å². The standard InChI is InChI=1S/C20H21Cl2N3O4/c1-4-25(11-17(26)24-18-14(21)7-6-8-15(18)22)19(27)16-10-9-13(12(3)23-16)20(28)29-5-2/h6-10H,4-5,11H2,1-3H3,(H,24,26). The van der Waals surface area contributed by atoms with Crippen molar-refractivity contribution >= 4 is 46.7 Å². The maximum atomic E-state index is 12.8. The molecule has 7 nitrogen and oxygen atoms in total. The number of hydrogen-bond donors (Lipinski definition) is 1. The van der Waals surface area contributed by atoms with Gasteiger partial charge in [-0.25, -0.2) is 9.78 Å². The largest absolute Gasteiger partial charge is 0.462 e. The van der Waals surface area contributed by atoms with Gasteiger partial charge in [-0.15, -0.1) is 0 Å². The predicted octanol–water partition coefficient (Wildman–Crippen LogP) is 3.97. The number of esters is 1. The summed E-state index contributed by atoms with van der Waals surface area (Å²) in [6, 6.07) is 7.79. The van der Waals surface area contributed by atoms with Crippen LogP contribution in [0, 0.1) is 6.92 Å². The van der Waals surface area contributed by atoms with Crippen LogP contribution in [-0.2, 0) is 9.53 Å². The van der Waals surface area contributed by atoms with E-state index in [1.807, 2.05) is 0 Å². The molecule has 0 atom stereocenters. The Labute approximate surface area is 179 Å². The van der Waals surface area contributed by atoms with E-state index in [1.165, 1.54) is 17.0 Å². The highest BCUT2D eigenvalue weighted by Gasteiger charge is 2.21. The molecule has 2 aromatic rings. The van der Waals surface area contributed by atoms with Crippen molar-refractivity contribution in [2.75, 3.05) is 25.0 Å². The first-order chi connectivity index (χ1) is 13.8. The number of nitrogens with zero attached hydrogens (tertiary/aromatic N) is 2. The second-order valence-electron chi connectivity index (χ2n) is 6.01. The van der Waals surface area contributed by atoms with Crippen LogP contribution in [0.4, 0.5) is 5.69 Å². The van der Waals surface area contributed by atoms with E-state index < -0.39 is 17.8 Å². The number of hydrogen-bond acceptors (Lipinski definition) is 5. The van der Waals surface area contributed by atoms with Gasteiger partial charge in [0, 0.05) is 6.54 Å². The minimum atomic E-state index is -0.500. The van der Waals surface area contributed by atoms with Crippen LogP contribution < -0.4 is 5.32 Å². The zero-order valence-corrected chi connectivity index (χ0v) is 17.8. The quantitative estimate of drug-likeness (QED) is 0.661. The van der Waals surface area contributed by atoms with E-state index in [0.717, 1.165) is 0 Å². The zero-order valence-electron chi connectivity index (χ0n) is 16.3. The summed E-state index contributed by atoms with van der Waals surface area (Å²) in [7, 11) is 0. The van der Waals surface area contributed by atoms with Crippen molar-refractivity contribution in [3.63, 3.8) is 0 Å². The van der Waals surface area contributed by atoms with Gasteiger partial charge in [-0.3, -0.25) is 9.59 Å². The summed E-state index contributed by atoms with van der Waals surface area (Å²) in [4.78, 5) is 42.6. The number of likely N-dealkylation sites (N-methyl/N-ethyl adjacent to an activating group) is 1. The number of amides is 2. The molecule has 1 N–H and O–H groups in total. The van der Waals surface area contributed by atoms with Crippen LogP contribution >= 0.6 is 23.2 Å². The van der Waals surface area contributed by atoms with Crippen LogP contribution in [0.3, 0.4) is 0 Å². The van der Waals surface area contributed by atoms with E-state index in [-0.39, 0.29) is 36.6 Å². The third-order valence-electron chi connectivity index (χ3n) is 4.03. The minimum absolute atomic E-state index is 0.126. The van der Waals surface area contributed by atoms with Crippen molar-refractivity contribution in [2.45, 2.75) is 20.8 Å². The number of carbonyl (C=O) groups excluding carboxylic acids is 3. The number of pyridine rings is 1. The third-order valence-corrected chi connectivity index (χ3v) is 4.66. The normalized spacial score (nSPS) is 10.4. The molecular formula is C20H21Cl2N3O4. The molecule has 0 spiro atoms. The van der Waals surface area contributed by atoms with Gasteiger partial charge >= 0.3 is 5.97 Å². The molecule has 0 unspecified atom stereocenters. The number of aryl methyl sites for hydroxylation is 1. The molecule has 0 saturated carbocycles. The zero-order chi connectivity index (χ0) is 21.6. The fraction of sp³-hybridized carbons (Fsp3) is 0.300. The Morgan fingerprint density at radius 3 is 2.31 bits per heavy atom. The molecule has 0 radical (unpaired) electrons. The fourth-order valence-electron chi connectivity index (χ4n) is 2.56. The summed E-state index contributed by atoms with van der Waals surface area (Å²) < 4.78 is 4.96. The van der Waals surface area contributed by atoms with E-state index in [0.29, 0.717) is 15.7 Å². The Morgan fingerprint density at radius 1 is 1.10 bits per heavy atom. The van der Waals surface area contributed by atoms with Crippen LogP contribution in [0.1, 0.15) is 40.4 Å². The SMILES string of the molecule is CCOC(=O)c1ccc(C(=O)N(CC)CC(=O)Nc2c(Cl)cccc2Cl)nc1C. The molecule has 154 valence electrons. The Kier molecular flexibility index (Phi) is 7.99. The molecule has 9 heteroatoms. The highest BCUT2D eigenvalue weighted by Crippen LogP contribution is 2.29. The molecule has 0 bridgehead atoms. The van der Waals surface area contributed by atoms with Crippen molar-refractivity contribution < 1.29 is 19.1 Å². The van der Waals surface area contributed by atoms with Crippen molar-refractivity contribution in [2.24, 2.45) is 0 Å². The number of anilines is 1. The van der Waals surface area contributed by atoms with Crippen LogP contribution in [0.15, 0.2) is 30.3 Å². The summed E-state index contributed by atoms with van der Waals surface area (Å²) >= 11 is 12.1. The summed E-state index contributed by atoms with van der Waals surface area (Å²) in [5, 5.41) is 3.22. The fourth-order valence-corrected chi connectivity index (χ4v) is 3.06. The molecule has 0 aliphatic carbocycles. The Bertz CT molecular complexity index is 914. The Balaban J connectivity index is 2.13. The van der Waals surface area contributed by atoms with Gasteiger partial charge in [0.05, 0.1) is 33.6 Å².